The number of nitrogens with zero attached hydrogens (tertiary/aromatic N) is 2. The molecule has 0 spiro atoms. The van der Waals surface area contributed by atoms with Crippen LogP contribution >= 0.6 is 0 Å². The lowest BCUT2D eigenvalue weighted by Gasteiger charge is -2.29. The Bertz CT molecular complexity index is 406. The summed E-state index contributed by atoms with van der Waals surface area (Å²) >= 11 is 0. The molecule has 0 unspecified atom stereocenters. The average Bonchev–Trinajstić information content (AvgIpc) is 2.44. The predicted octanol–water partition coefficient (Wildman–Crippen LogP) is 3.44. The van der Waals surface area contributed by atoms with Crippen LogP contribution < -0.4 is 5.32 Å². The second-order valence-electron chi connectivity index (χ2n) is 4.76. The maximum atomic E-state index is 5.74. The van der Waals surface area contributed by atoms with Crippen molar-refractivity contribution in [2.75, 3.05) is 19.0 Å². The third-order valence-corrected chi connectivity index (χ3v) is 3.87. The van der Waals surface area contributed by atoms with Crippen LogP contribution in [0.4, 0.5) is 5.82 Å². The van der Waals surface area contributed by atoms with Crippen molar-refractivity contribution < 1.29 is 4.74 Å². The molecule has 108 valence electrons. The molecule has 1 rings (SSSR count). The highest BCUT2D eigenvalue weighted by molar-refractivity contribution is 5.46. The molecule has 0 amide bonds. The number of hydrogen-bond acceptors (Lipinski definition) is 4. The minimum absolute atomic E-state index is 0.373. The molecule has 1 aromatic heterocycles. The normalized spacial score (nSPS) is 11.7. The second-order valence-corrected chi connectivity index (χ2v) is 4.76. The van der Waals surface area contributed by atoms with Crippen molar-refractivity contribution in [1.29, 1.82) is 0 Å². The summed E-state index contributed by atoms with van der Waals surface area (Å²) in [6.45, 7) is 11.4. The Morgan fingerprint density at radius 3 is 2.16 bits per heavy atom. The number of anilines is 1. The molecule has 4 heteroatoms. The van der Waals surface area contributed by atoms with E-state index in [4.69, 9.17) is 14.7 Å². The van der Waals surface area contributed by atoms with Crippen molar-refractivity contribution in [1.82, 2.24) is 9.97 Å². The van der Waals surface area contributed by atoms with Gasteiger partial charge < -0.3 is 10.1 Å². The van der Waals surface area contributed by atoms with Crippen LogP contribution in [0.5, 0.6) is 0 Å². The van der Waals surface area contributed by atoms with Crippen molar-refractivity contribution in [3.05, 3.63) is 17.1 Å². The number of rotatable bonds is 7. The summed E-state index contributed by atoms with van der Waals surface area (Å²) < 4.78 is 5.74. The van der Waals surface area contributed by atoms with Gasteiger partial charge in [-0.1, -0.05) is 20.8 Å². The lowest BCUT2D eigenvalue weighted by atomic mass is 9.95. The van der Waals surface area contributed by atoms with Gasteiger partial charge in [-0.05, 0) is 33.1 Å². The lowest BCUT2D eigenvalue weighted by Crippen LogP contribution is -2.30. The van der Waals surface area contributed by atoms with Crippen molar-refractivity contribution >= 4 is 5.82 Å². The monoisotopic (exact) mass is 265 g/mol. The van der Waals surface area contributed by atoms with Crippen LogP contribution in [0.3, 0.4) is 0 Å². The number of aryl methyl sites for hydroxylation is 1. The number of methoxy groups -OCH3 is 1. The molecule has 0 aromatic carbocycles. The van der Waals surface area contributed by atoms with Gasteiger partial charge in [-0.3, -0.25) is 0 Å². The van der Waals surface area contributed by atoms with Gasteiger partial charge in [-0.25, -0.2) is 9.97 Å². The predicted molar refractivity (Wildman–Crippen MR) is 79.6 cm³/mol. The van der Waals surface area contributed by atoms with Gasteiger partial charge in [0.15, 0.2) is 5.82 Å². The van der Waals surface area contributed by atoms with Crippen LogP contribution in [0.15, 0.2) is 0 Å². The molecule has 1 heterocycles. The molecule has 0 bridgehead atoms. The third-order valence-electron chi connectivity index (χ3n) is 3.87. The molecule has 0 radical (unpaired) electrons. The first-order chi connectivity index (χ1) is 9.08. The molecule has 4 nitrogen and oxygen atoms in total. The van der Waals surface area contributed by atoms with E-state index in [1.807, 2.05) is 0 Å². The molecule has 0 saturated heterocycles. The van der Waals surface area contributed by atoms with Crippen molar-refractivity contribution in [3.63, 3.8) is 0 Å². The summed E-state index contributed by atoms with van der Waals surface area (Å²) in [5.74, 6) is 1.74. The lowest BCUT2D eigenvalue weighted by molar-refractivity contribution is -0.0292. The molecular weight excluding hydrogens is 238 g/mol. The van der Waals surface area contributed by atoms with Gasteiger partial charge in [0, 0.05) is 24.9 Å². The third kappa shape index (κ3) is 3.06. The van der Waals surface area contributed by atoms with E-state index < -0.39 is 0 Å². The minimum atomic E-state index is -0.373. The maximum Gasteiger partial charge on any atom is 0.162 e. The molecule has 0 aliphatic rings. The SMILES string of the molecule is CCNc1nc(C(CC)(CC)OC)nc(CC)c1C. The first-order valence-electron chi connectivity index (χ1n) is 7.25. The number of nitrogens with one attached hydrogen (secondary N) is 1. The molecule has 0 atom stereocenters. The summed E-state index contributed by atoms with van der Waals surface area (Å²) in [5.41, 5.74) is 1.87. The van der Waals surface area contributed by atoms with Crippen LogP contribution in [0.25, 0.3) is 0 Å². The Kier molecular flexibility index (Phi) is 5.73. The molecule has 0 fully saturated rings. The van der Waals surface area contributed by atoms with E-state index in [-0.39, 0.29) is 5.60 Å². The van der Waals surface area contributed by atoms with Crippen LogP contribution in [0, 0.1) is 6.92 Å². The minimum Gasteiger partial charge on any atom is -0.370 e. The zero-order valence-electron chi connectivity index (χ0n) is 13.1. The highest BCUT2D eigenvalue weighted by Crippen LogP contribution is 2.31. The van der Waals surface area contributed by atoms with E-state index in [9.17, 15) is 0 Å². The molecule has 1 aromatic rings. The summed E-state index contributed by atoms with van der Waals surface area (Å²) in [4.78, 5) is 9.45. The molecular formula is C15H27N3O. The molecule has 1 N–H and O–H groups in total. The Morgan fingerprint density at radius 2 is 1.74 bits per heavy atom. The smallest absolute Gasteiger partial charge is 0.162 e. The van der Waals surface area contributed by atoms with Crippen LogP contribution in [0.1, 0.15) is 57.6 Å². The Labute approximate surface area is 117 Å². The highest BCUT2D eigenvalue weighted by Gasteiger charge is 2.32. The van der Waals surface area contributed by atoms with Gasteiger partial charge >= 0.3 is 0 Å². The summed E-state index contributed by atoms with van der Waals surface area (Å²) in [7, 11) is 1.74. The van der Waals surface area contributed by atoms with Crippen molar-refractivity contribution in [2.45, 2.75) is 59.5 Å². The van der Waals surface area contributed by atoms with Gasteiger partial charge in [0.25, 0.3) is 0 Å². The fourth-order valence-corrected chi connectivity index (χ4v) is 2.40. The van der Waals surface area contributed by atoms with E-state index in [1.54, 1.807) is 7.11 Å². The van der Waals surface area contributed by atoms with Gasteiger partial charge in [0.05, 0.1) is 0 Å². The summed E-state index contributed by atoms with van der Waals surface area (Å²) in [5, 5.41) is 3.33. The van der Waals surface area contributed by atoms with E-state index in [1.165, 1.54) is 0 Å². The molecule has 0 aliphatic heterocycles. The van der Waals surface area contributed by atoms with Crippen LogP contribution in [-0.4, -0.2) is 23.6 Å². The van der Waals surface area contributed by atoms with E-state index in [0.717, 1.165) is 48.7 Å². The largest absolute Gasteiger partial charge is 0.370 e. The van der Waals surface area contributed by atoms with E-state index in [0.29, 0.717) is 0 Å². The Hall–Kier alpha value is -1.16. The second kappa shape index (κ2) is 6.85. The number of ether oxygens (including phenoxy) is 1. The van der Waals surface area contributed by atoms with E-state index in [2.05, 4.69) is 39.9 Å². The topological polar surface area (TPSA) is 47.0 Å². The average molecular weight is 265 g/mol. The molecule has 0 saturated carbocycles. The summed E-state index contributed by atoms with van der Waals surface area (Å²) in [6.07, 6.45) is 2.66. The molecule has 19 heavy (non-hydrogen) atoms. The van der Waals surface area contributed by atoms with Crippen LogP contribution in [-0.2, 0) is 16.8 Å². The highest BCUT2D eigenvalue weighted by atomic mass is 16.5. The molecule has 0 aliphatic carbocycles. The number of aromatic nitrogens is 2. The first-order valence-corrected chi connectivity index (χ1v) is 7.25. The van der Waals surface area contributed by atoms with Gasteiger partial charge in [-0.2, -0.15) is 0 Å². The van der Waals surface area contributed by atoms with E-state index >= 15 is 0 Å². The standard InChI is InChI=1S/C15H27N3O/c1-7-12-11(5)13(16-10-4)18-14(17-12)15(8-2,9-3)19-6/h7-10H2,1-6H3,(H,16,17,18). The zero-order chi connectivity index (χ0) is 14.5. The summed E-state index contributed by atoms with van der Waals surface area (Å²) in [6, 6.07) is 0. The van der Waals surface area contributed by atoms with Crippen molar-refractivity contribution in [3.8, 4) is 0 Å². The Morgan fingerprint density at radius 1 is 1.11 bits per heavy atom. The fraction of sp³-hybridized carbons (Fsp3) is 0.733. The quantitative estimate of drug-likeness (QED) is 0.820. The fourth-order valence-electron chi connectivity index (χ4n) is 2.40. The van der Waals surface area contributed by atoms with Crippen molar-refractivity contribution in [2.24, 2.45) is 0 Å². The maximum absolute atomic E-state index is 5.74. The zero-order valence-corrected chi connectivity index (χ0v) is 13.1. The Balaban J connectivity index is 3.38. The van der Waals surface area contributed by atoms with Gasteiger partial charge in [-0.15, -0.1) is 0 Å². The first kappa shape index (κ1) is 15.9. The number of hydrogen-bond donors (Lipinski definition) is 1. The van der Waals surface area contributed by atoms with Gasteiger partial charge in [0.1, 0.15) is 11.4 Å². The van der Waals surface area contributed by atoms with Crippen LogP contribution in [0.2, 0.25) is 0 Å². The van der Waals surface area contributed by atoms with Gasteiger partial charge in [0.2, 0.25) is 0 Å².